The molecule has 0 aliphatic carbocycles. The molecule has 1 saturated heterocycles. The summed E-state index contributed by atoms with van der Waals surface area (Å²) < 4.78 is 9.83. The number of carbonyl (C=O) groups is 3. The Balaban J connectivity index is 2.45. The average molecular weight is 288 g/mol. The number of carboxylic acids is 1. The number of urea groups is 1. The third-order valence-electron chi connectivity index (χ3n) is 3.01. The molecule has 1 aliphatic heterocycles. The monoisotopic (exact) mass is 288 g/mol. The zero-order chi connectivity index (χ0) is 15.1. The zero-order valence-electron chi connectivity index (χ0n) is 11.7. The molecule has 8 heteroatoms. The summed E-state index contributed by atoms with van der Waals surface area (Å²) in [6, 6.07) is -0.243. The first-order valence-electron chi connectivity index (χ1n) is 6.37. The van der Waals surface area contributed by atoms with Gasteiger partial charge in [-0.1, -0.05) is 0 Å². The Kier molecular flexibility index (Phi) is 6.23. The first kappa shape index (κ1) is 16.2. The lowest BCUT2D eigenvalue weighted by Crippen LogP contribution is -2.52. The van der Waals surface area contributed by atoms with E-state index in [0.29, 0.717) is 19.5 Å². The minimum Gasteiger partial charge on any atom is -0.481 e. The van der Waals surface area contributed by atoms with Crippen LogP contribution in [0.15, 0.2) is 0 Å². The van der Waals surface area contributed by atoms with E-state index in [4.69, 9.17) is 9.84 Å². The number of carboxylic acid groups (broad SMARTS) is 1. The van der Waals surface area contributed by atoms with Gasteiger partial charge in [0.15, 0.2) is 6.10 Å². The van der Waals surface area contributed by atoms with Crippen LogP contribution in [-0.4, -0.2) is 79.4 Å². The highest BCUT2D eigenvalue weighted by molar-refractivity contribution is 5.78. The van der Waals surface area contributed by atoms with Crippen LogP contribution < -0.4 is 0 Å². The van der Waals surface area contributed by atoms with E-state index in [1.54, 1.807) is 7.05 Å². The number of methoxy groups -OCH3 is 1. The smallest absolute Gasteiger partial charge is 0.336 e. The Bertz CT molecular complexity index is 373. The van der Waals surface area contributed by atoms with Crippen molar-refractivity contribution in [3.05, 3.63) is 0 Å². The zero-order valence-corrected chi connectivity index (χ0v) is 11.7. The fraction of sp³-hybridized carbons (Fsp3) is 0.750. The summed E-state index contributed by atoms with van der Waals surface area (Å²) in [5.74, 6) is -1.39. The molecule has 0 aromatic carbocycles. The number of hydrogen-bond donors (Lipinski definition) is 1. The van der Waals surface area contributed by atoms with Crippen molar-refractivity contribution in [2.75, 3.05) is 40.4 Å². The summed E-state index contributed by atoms with van der Waals surface area (Å²) in [6.07, 6.45) is -0.349. The molecular weight excluding hydrogens is 268 g/mol. The van der Waals surface area contributed by atoms with Crippen molar-refractivity contribution >= 4 is 18.0 Å². The van der Waals surface area contributed by atoms with Crippen molar-refractivity contribution < 1.29 is 29.0 Å². The molecule has 1 atom stereocenters. The SMILES string of the molecule is COC(=O)C1CN(C(=O)N(C)CCCC(=O)O)CCO1. The second-order valence-electron chi connectivity index (χ2n) is 4.53. The molecule has 1 aliphatic rings. The Morgan fingerprint density at radius 2 is 2.15 bits per heavy atom. The van der Waals surface area contributed by atoms with E-state index < -0.39 is 18.0 Å². The number of esters is 1. The minimum absolute atomic E-state index is 0.0194. The van der Waals surface area contributed by atoms with Crippen LogP contribution in [0, 0.1) is 0 Å². The van der Waals surface area contributed by atoms with Gasteiger partial charge in [0.1, 0.15) is 0 Å². The molecule has 0 bridgehead atoms. The maximum atomic E-state index is 12.1. The van der Waals surface area contributed by atoms with Gasteiger partial charge in [-0.05, 0) is 6.42 Å². The maximum Gasteiger partial charge on any atom is 0.336 e. The quantitative estimate of drug-likeness (QED) is 0.702. The van der Waals surface area contributed by atoms with Crippen molar-refractivity contribution in [2.45, 2.75) is 18.9 Å². The number of aliphatic carboxylic acids is 1. The van der Waals surface area contributed by atoms with Gasteiger partial charge in [0.2, 0.25) is 0 Å². The normalized spacial score (nSPS) is 18.5. The summed E-state index contributed by atoms with van der Waals surface area (Å²) in [5.41, 5.74) is 0. The van der Waals surface area contributed by atoms with Crippen LogP contribution in [0.25, 0.3) is 0 Å². The van der Waals surface area contributed by atoms with Gasteiger partial charge in [-0.2, -0.15) is 0 Å². The third kappa shape index (κ3) is 4.69. The fourth-order valence-electron chi connectivity index (χ4n) is 1.90. The summed E-state index contributed by atoms with van der Waals surface area (Å²) in [4.78, 5) is 36.9. The number of ether oxygens (including phenoxy) is 2. The first-order chi connectivity index (χ1) is 9.45. The molecule has 2 amide bonds. The first-order valence-corrected chi connectivity index (χ1v) is 6.37. The number of rotatable bonds is 5. The Morgan fingerprint density at radius 1 is 1.45 bits per heavy atom. The van der Waals surface area contributed by atoms with Gasteiger partial charge >= 0.3 is 18.0 Å². The van der Waals surface area contributed by atoms with Gasteiger partial charge < -0.3 is 24.4 Å². The van der Waals surface area contributed by atoms with Crippen molar-refractivity contribution in [1.29, 1.82) is 0 Å². The van der Waals surface area contributed by atoms with Crippen molar-refractivity contribution in [2.24, 2.45) is 0 Å². The summed E-state index contributed by atoms with van der Waals surface area (Å²) in [5, 5.41) is 8.55. The van der Waals surface area contributed by atoms with Crippen LogP contribution in [0.3, 0.4) is 0 Å². The predicted molar refractivity (Wildman–Crippen MR) is 68.2 cm³/mol. The number of amides is 2. The Hall–Kier alpha value is -1.83. The molecule has 0 aromatic rings. The van der Waals surface area contributed by atoms with Gasteiger partial charge in [0.25, 0.3) is 0 Å². The molecule has 1 rings (SSSR count). The lowest BCUT2D eigenvalue weighted by atomic mass is 10.2. The molecule has 0 saturated carbocycles. The van der Waals surface area contributed by atoms with E-state index in [0.717, 1.165) is 0 Å². The van der Waals surface area contributed by atoms with Gasteiger partial charge in [-0.25, -0.2) is 9.59 Å². The van der Waals surface area contributed by atoms with E-state index in [-0.39, 0.29) is 25.6 Å². The molecular formula is C12H20N2O6. The number of carbonyl (C=O) groups excluding carboxylic acids is 2. The second kappa shape index (κ2) is 7.68. The topological polar surface area (TPSA) is 96.4 Å². The van der Waals surface area contributed by atoms with Crippen molar-refractivity contribution in [3.8, 4) is 0 Å². The fourth-order valence-corrected chi connectivity index (χ4v) is 1.90. The number of nitrogens with zero attached hydrogens (tertiary/aromatic N) is 2. The average Bonchev–Trinajstić information content (AvgIpc) is 2.45. The molecule has 0 spiro atoms. The van der Waals surface area contributed by atoms with Crippen LogP contribution >= 0.6 is 0 Å². The molecule has 20 heavy (non-hydrogen) atoms. The summed E-state index contributed by atoms with van der Waals surface area (Å²) in [7, 11) is 2.87. The maximum absolute atomic E-state index is 12.1. The van der Waals surface area contributed by atoms with Crippen LogP contribution in [0.1, 0.15) is 12.8 Å². The molecule has 114 valence electrons. The van der Waals surface area contributed by atoms with E-state index in [2.05, 4.69) is 4.74 Å². The molecule has 0 radical (unpaired) electrons. The molecule has 1 fully saturated rings. The summed E-state index contributed by atoms with van der Waals surface area (Å²) in [6.45, 7) is 1.17. The van der Waals surface area contributed by atoms with Gasteiger partial charge in [-0.3, -0.25) is 4.79 Å². The molecule has 1 heterocycles. The Morgan fingerprint density at radius 3 is 2.75 bits per heavy atom. The molecule has 1 N–H and O–H groups in total. The van der Waals surface area contributed by atoms with Crippen molar-refractivity contribution in [1.82, 2.24) is 9.80 Å². The van der Waals surface area contributed by atoms with Crippen molar-refractivity contribution in [3.63, 3.8) is 0 Å². The van der Waals surface area contributed by atoms with Gasteiger partial charge in [0.05, 0.1) is 20.3 Å². The minimum atomic E-state index is -0.886. The molecule has 1 unspecified atom stereocenters. The van der Waals surface area contributed by atoms with E-state index in [1.807, 2.05) is 0 Å². The van der Waals surface area contributed by atoms with Gasteiger partial charge in [0, 0.05) is 26.6 Å². The highest BCUT2D eigenvalue weighted by Gasteiger charge is 2.31. The standard InChI is InChI=1S/C12H20N2O6/c1-13(5-3-4-10(15)16)12(18)14-6-7-20-9(8-14)11(17)19-2/h9H,3-8H2,1-2H3,(H,15,16). The lowest BCUT2D eigenvalue weighted by molar-refractivity contribution is -0.158. The Labute approximate surface area is 117 Å². The van der Waals surface area contributed by atoms with Crippen LogP contribution in [0.5, 0.6) is 0 Å². The second-order valence-corrected chi connectivity index (χ2v) is 4.53. The van der Waals surface area contributed by atoms with E-state index >= 15 is 0 Å². The highest BCUT2D eigenvalue weighted by Crippen LogP contribution is 2.09. The van der Waals surface area contributed by atoms with E-state index in [9.17, 15) is 14.4 Å². The summed E-state index contributed by atoms with van der Waals surface area (Å²) >= 11 is 0. The van der Waals surface area contributed by atoms with Crippen LogP contribution in [0.2, 0.25) is 0 Å². The number of hydrogen-bond acceptors (Lipinski definition) is 5. The van der Waals surface area contributed by atoms with Gasteiger partial charge in [-0.15, -0.1) is 0 Å². The highest BCUT2D eigenvalue weighted by atomic mass is 16.6. The largest absolute Gasteiger partial charge is 0.481 e. The predicted octanol–water partition coefficient (Wildman–Crippen LogP) is -0.223. The van der Waals surface area contributed by atoms with Crippen LogP contribution in [-0.2, 0) is 19.1 Å². The van der Waals surface area contributed by atoms with Crippen LogP contribution in [0.4, 0.5) is 4.79 Å². The molecule has 8 nitrogen and oxygen atoms in total. The van der Waals surface area contributed by atoms with E-state index in [1.165, 1.54) is 16.9 Å². The third-order valence-corrected chi connectivity index (χ3v) is 3.01. The lowest BCUT2D eigenvalue weighted by Gasteiger charge is -2.34. The molecule has 0 aromatic heterocycles. The number of morpholine rings is 1.